The van der Waals surface area contributed by atoms with Gasteiger partial charge in [0, 0.05) is 38.4 Å². The maximum Gasteiger partial charge on any atom is 0.173 e. The lowest BCUT2D eigenvalue weighted by Crippen LogP contribution is -2.40. The van der Waals surface area contributed by atoms with Crippen molar-refractivity contribution < 1.29 is 4.74 Å². The molecule has 0 amide bonds. The van der Waals surface area contributed by atoms with Crippen LogP contribution in [-0.2, 0) is 11.3 Å². The summed E-state index contributed by atoms with van der Waals surface area (Å²) in [6.45, 7) is 10.9. The minimum atomic E-state index is 0.791. The Morgan fingerprint density at radius 3 is 2.57 bits per heavy atom. The van der Waals surface area contributed by atoms with E-state index in [2.05, 4.69) is 77.5 Å². The van der Waals surface area contributed by atoms with E-state index in [1.165, 1.54) is 16.7 Å². The van der Waals surface area contributed by atoms with E-state index in [1.807, 2.05) is 0 Å². The van der Waals surface area contributed by atoms with E-state index in [4.69, 9.17) is 17.0 Å². The van der Waals surface area contributed by atoms with Gasteiger partial charge in [0.05, 0.1) is 13.2 Å². The lowest BCUT2D eigenvalue weighted by atomic mass is 10.1. The van der Waals surface area contributed by atoms with Crippen molar-refractivity contribution in [3.63, 3.8) is 0 Å². The van der Waals surface area contributed by atoms with Gasteiger partial charge >= 0.3 is 0 Å². The van der Waals surface area contributed by atoms with Gasteiger partial charge in [-0.3, -0.25) is 4.90 Å². The van der Waals surface area contributed by atoms with Crippen molar-refractivity contribution in [2.75, 3.05) is 44.7 Å². The molecule has 1 heterocycles. The van der Waals surface area contributed by atoms with Gasteiger partial charge < -0.3 is 15.0 Å². The number of hydrogen-bond donors (Lipinski definition) is 1. The van der Waals surface area contributed by atoms with Crippen LogP contribution in [0.3, 0.4) is 0 Å². The normalized spacial score (nSPS) is 14.6. The first-order chi connectivity index (χ1) is 13.6. The maximum atomic E-state index is 5.81. The van der Waals surface area contributed by atoms with Crippen LogP contribution < -0.4 is 5.32 Å². The highest BCUT2D eigenvalue weighted by molar-refractivity contribution is 7.80. The van der Waals surface area contributed by atoms with Gasteiger partial charge in [-0.1, -0.05) is 42.5 Å². The third-order valence-corrected chi connectivity index (χ3v) is 5.72. The molecule has 150 valence electrons. The summed E-state index contributed by atoms with van der Waals surface area (Å²) in [5.41, 5.74) is 4.89. The van der Waals surface area contributed by atoms with Gasteiger partial charge in [-0.2, -0.15) is 0 Å². The van der Waals surface area contributed by atoms with Crippen molar-refractivity contribution >= 4 is 23.0 Å². The minimum absolute atomic E-state index is 0.791. The van der Waals surface area contributed by atoms with Crippen LogP contribution in [0.25, 0.3) is 0 Å². The number of rotatable bonds is 7. The molecule has 1 fully saturated rings. The van der Waals surface area contributed by atoms with Crippen LogP contribution in [-0.4, -0.2) is 54.3 Å². The fourth-order valence-corrected chi connectivity index (χ4v) is 3.71. The van der Waals surface area contributed by atoms with E-state index >= 15 is 0 Å². The molecule has 1 N–H and O–H groups in total. The zero-order valence-electron chi connectivity index (χ0n) is 17.0. The molecule has 0 spiro atoms. The molecule has 0 unspecified atom stereocenters. The van der Waals surface area contributed by atoms with E-state index in [-0.39, 0.29) is 0 Å². The monoisotopic (exact) mass is 397 g/mol. The van der Waals surface area contributed by atoms with Crippen LogP contribution in [0.15, 0.2) is 48.5 Å². The van der Waals surface area contributed by atoms with Crippen molar-refractivity contribution in [1.82, 2.24) is 9.80 Å². The number of benzene rings is 2. The second kappa shape index (κ2) is 10.6. The SMILES string of the molecule is Cc1cccc(NC(=S)N(CCCN2CCOCC2)Cc2ccccc2)c1C. The molecule has 0 saturated carbocycles. The third-order valence-electron chi connectivity index (χ3n) is 5.36. The molecule has 2 aromatic carbocycles. The Morgan fingerprint density at radius 1 is 1.07 bits per heavy atom. The Bertz CT molecular complexity index is 760. The van der Waals surface area contributed by atoms with E-state index < -0.39 is 0 Å². The first-order valence-corrected chi connectivity index (χ1v) is 10.5. The lowest BCUT2D eigenvalue weighted by Gasteiger charge is -2.30. The van der Waals surface area contributed by atoms with Gasteiger partial charge in [-0.25, -0.2) is 0 Å². The lowest BCUT2D eigenvalue weighted by molar-refractivity contribution is 0.0368. The Hall–Kier alpha value is -1.95. The Labute approximate surface area is 174 Å². The molecule has 28 heavy (non-hydrogen) atoms. The molecule has 1 aliphatic heterocycles. The summed E-state index contributed by atoms with van der Waals surface area (Å²) in [5, 5.41) is 4.27. The number of hydrogen-bond acceptors (Lipinski definition) is 3. The van der Waals surface area contributed by atoms with Crippen molar-refractivity contribution in [1.29, 1.82) is 0 Å². The topological polar surface area (TPSA) is 27.7 Å². The van der Waals surface area contributed by atoms with E-state index in [0.29, 0.717) is 0 Å². The van der Waals surface area contributed by atoms with Crippen LogP contribution in [0, 0.1) is 13.8 Å². The molecule has 0 aromatic heterocycles. The smallest absolute Gasteiger partial charge is 0.173 e. The highest BCUT2D eigenvalue weighted by Gasteiger charge is 2.14. The largest absolute Gasteiger partial charge is 0.379 e. The summed E-state index contributed by atoms with van der Waals surface area (Å²) in [6, 6.07) is 16.9. The standard InChI is InChI=1S/C23H31N3OS/c1-19-8-6-11-22(20(19)2)24-23(28)26(18-21-9-4-3-5-10-21)13-7-12-25-14-16-27-17-15-25/h3-6,8-11H,7,12-18H2,1-2H3,(H,24,28). The Balaban J connectivity index is 1.63. The predicted octanol–water partition coefficient (Wildman–Crippen LogP) is 4.22. The zero-order chi connectivity index (χ0) is 19.8. The van der Waals surface area contributed by atoms with Crippen LogP contribution in [0.5, 0.6) is 0 Å². The summed E-state index contributed by atoms with van der Waals surface area (Å²) in [6.07, 6.45) is 1.08. The quantitative estimate of drug-likeness (QED) is 0.706. The molecule has 5 heteroatoms. The number of aryl methyl sites for hydroxylation is 1. The fourth-order valence-electron chi connectivity index (χ4n) is 3.45. The molecular formula is C23H31N3OS. The molecule has 3 rings (SSSR count). The first kappa shape index (κ1) is 20.8. The molecule has 4 nitrogen and oxygen atoms in total. The number of nitrogens with zero attached hydrogens (tertiary/aromatic N) is 2. The summed E-state index contributed by atoms with van der Waals surface area (Å²) >= 11 is 5.81. The molecule has 0 atom stereocenters. The zero-order valence-corrected chi connectivity index (χ0v) is 17.8. The summed E-state index contributed by atoms with van der Waals surface area (Å²) in [7, 11) is 0. The van der Waals surface area contributed by atoms with Gasteiger partial charge in [0.2, 0.25) is 0 Å². The molecule has 0 bridgehead atoms. The average molecular weight is 398 g/mol. The molecule has 0 radical (unpaired) electrons. The number of nitrogens with one attached hydrogen (secondary N) is 1. The number of ether oxygens (including phenoxy) is 1. The number of thiocarbonyl (C=S) groups is 1. The number of morpholine rings is 1. The maximum absolute atomic E-state index is 5.81. The highest BCUT2D eigenvalue weighted by atomic mass is 32.1. The van der Waals surface area contributed by atoms with E-state index in [9.17, 15) is 0 Å². The molecule has 2 aromatic rings. The Kier molecular flexibility index (Phi) is 7.83. The predicted molar refractivity (Wildman–Crippen MR) is 121 cm³/mol. The first-order valence-electron chi connectivity index (χ1n) is 10.1. The molecular weight excluding hydrogens is 366 g/mol. The number of anilines is 1. The van der Waals surface area contributed by atoms with Crippen molar-refractivity contribution in [2.24, 2.45) is 0 Å². The molecule has 1 aliphatic rings. The van der Waals surface area contributed by atoms with E-state index in [1.54, 1.807) is 0 Å². The second-order valence-corrected chi connectivity index (χ2v) is 7.78. The summed E-state index contributed by atoms with van der Waals surface area (Å²) < 4.78 is 5.45. The average Bonchev–Trinajstić information content (AvgIpc) is 2.72. The Morgan fingerprint density at radius 2 is 1.82 bits per heavy atom. The minimum Gasteiger partial charge on any atom is -0.379 e. The third kappa shape index (κ3) is 6.03. The second-order valence-electron chi connectivity index (χ2n) is 7.39. The van der Waals surface area contributed by atoms with Gasteiger partial charge in [0.15, 0.2) is 5.11 Å². The van der Waals surface area contributed by atoms with Crippen LogP contribution in [0.4, 0.5) is 5.69 Å². The van der Waals surface area contributed by atoms with Crippen LogP contribution in [0.1, 0.15) is 23.1 Å². The van der Waals surface area contributed by atoms with Crippen LogP contribution >= 0.6 is 12.2 Å². The van der Waals surface area contributed by atoms with Gasteiger partial charge in [-0.15, -0.1) is 0 Å². The van der Waals surface area contributed by atoms with Crippen molar-refractivity contribution in [3.8, 4) is 0 Å². The summed E-state index contributed by atoms with van der Waals surface area (Å²) in [4.78, 5) is 4.76. The van der Waals surface area contributed by atoms with Crippen molar-refractivity contribution in [3.05, 3.63) is 65.2 Å². The molecule has 0 aliphatic carbocycles. The summed E-state index contributed by atoms with van der Waals surface area (Å²) in [5.74, 6) is 0. The van der Waals surface area contributed by atoms with Gasteiger partial charge in [-0.05, 0) is 55.2 Å². The molecule has 1 saturated heterocycles. The van der Waals surface area contributed by atoms with Gasteiger partial charge in [0.25, 0.3) is 0 Å². The highest BCUT2D eigenvalue weighted by Crippen LogP contribution is 2.19. The van der Waals surface area contributed by atoms with Gasteiger partial charge in [0.1, 0.15) is 0 Å². The van der Waals surface area contributed by atoms with E-state index in [0.717, 1.165) is 63.2 Å². The fraction of sp³-hybridized carbons (Fsp3) is 0.435. The van der Waals surface area contributed by atoms with Crippen LogP contribution in [0.2, 0.25) is 0 Å². The van der Waals surface area contributed by atoms with Crippen molar-refractivity contribution in [2.45, 2.75) is 26.8 Å².